The first-order valence-electron chi connectivity index (χ1n) is 9.27. The number of rotatable bonds is 4. The van der Waals surface area contributed by atoms with Crippen LogP contribution in [0, 0.1) is 0 Å². The quantitative estimate of drug-likeness (QED) is 0.903. The van der Waals surface area contributed by atoms with E-state index >= 15 is 0 Å². The predicted molar refractivity (Wildman–Crippen MR) is 108 cm³/mol. The van der Waals surface area contributed by atoms with Gasteiger partial charge >= 0.3 is 0 Å². The Labute approximate surface area is 157 Å². The fourth-order valence-electron chi connectivity index (χ4n) is 3.37. The zero-order valence-electron chi connectivity index (χ0n) is 16.3. The van der Waals surface area contributed by atoms with Crippen LogP contribution in [0.3, 0.4) is 0 Å². The highest BCUT2D eigenvalue weighted by molar-refractivity contribution is 5.95. The molecule has 4 nitrogen and oxygen atoms in total. The molecule has 0 aromatic heterocycles. The van der Waals surface area contributed by atoms with E-state index in [1.165, 1.54) is 16.7 Å². The molecule has 0 bridgehead atoms. The highest BCUT2D eigenvalue weighted by Crippen LogP contribution is 2.38. The predicted octanol–water partition coefficient (Wildman–Crippen LogP) is 3.96. The van der Waals surface area contributed by atoms with Crippen LogP contribution in [-0.2, 0) is 24.2 Å². The van der Waals surface area contributed by atoms with E-state index in [1.807, 2.05) is 36.2 Å². The summed E-state index contributed by atoms with van der Waals surface area (Å²) < 4.78 is 5.40. The molecule has 4 heteroatoms. The van der Waals surface area contributed by atoms with Crippen molar-refractivity contribution in [3.05, 3.63) is 59.2 Å². The molecule has 0 radical (unpaired) electrons. The van der Waals surface area contributed by atoms with Gasteiger partial charge in [0.05, 0.1) is 12.8 Å². The van der Waals surface area contributed by atoms with Gasteiger partial charge in [0, 0.05) is 20.0 Å². The molecule has 2 aromatic carbocycles. The van der Waals surface area contributed by atoms with Gasteiger partial charge in [0.1, 0.15) is 5.75 Å². The first kappa shape index (κ1) is 20.0. The van der Waals surface area contributed by atoms with Crippen LogP contribution in [0.25, 0.3) is 0 Å². The van der Waals surface area contributed by atoms with Crippen molar-refractivity contribution in [2.45, 2.75) is 39.7 Å². The zero-order chi connectivity index (χ0) is 18.9. The number of hydrogen-bond acceptors (Lipinski definition) is 3. The Balaban J connectivity index is 0.000000228. The van der Waals surface area contributed by atoms with Crippen LogP contribution >= 0.6 is 0 Å². The van der Waals surface area contributed by atoms with E-state index in [9.17, 15) is 4.79 Å². The van der Waals surface area contributed by atoms with Crippen molar-refractivity contribution in [2.24, 2.45) is 0 Å². The number of ether oxygens (including phenoxy) is 1. The lowest BCUT2D eigenvalue weighted by molar-refractivity contribution is -0.116. The number of aryl methyl sites for hydroxylation is 1. The van der Waals surface area contributed by atoms with Crippen LogP contribution in [0.4, 0.5) is 5.69 Å². The van der Waals surface area contributed by atoms with E-state index in [-0.39, 0.29) is 5.91 Å². The monoisotopic (exact) mass is 354 g/mol. The third kappa shape index (κ3) is 4.85. The number of nitrogens with zero attached hydrogens (tertiary/aromatic N) is 1. The van der Waals surface area contributed by atoms with E-state index < -0.39 is 0 Å². The molecule has 1 aliphatic heterocycles. The minimum Gasteiger partial charge on any atom is -0.495 e. The Morgan fingerprint density at radius 1 is 1.19 bits per heavy atom. The van der Waals surface area contributed by atoms with E-state index in [1.54, 1.807) is 14.0 Å². The molecule has 0 aliphatic carbocycles. The van der Waals surface area contributed by atoms with Crippen LogP contribution in [0.5, 0.6) is 5.75 Å². The second kappa shape index (κ2) is 9.97. The van der Waals surface area contributed by atoms with Gasteiger partial charge in [-0.05, 0) is 49.1 Å². The number of benzene rings is 2. The van der Waals surface area contributed by atoms with Crippen molar-refractivity contribution < 1.29 is 9.53 Å². The molecule has 1 N–H and O–H groups in total. The summed E-state index contributed by atoms with van der Waals surface area (Å²) in [6.45, 7) is 5.52. The van der Waals surface area contributed by atoms with E-state index in [0.29, 0.717) is 0 Å². The summed E-state index contributed by atoms with van der Waals surface area (Å²) >= 11 is 0. The van der Waals surface area contributed by atoms with Crippen molar-refractivity contribution in [3.63, 3.8) is 0 Å². The number of nitrogens with one attached hydrogen (secondary N) is 1. The van der Waals surface area contributed by atoms with E-state index in [4.69, 9.17) is 4.74 Å². The van der Waals surface area contributed by atoms with Gasteiger partial charge in [0.15, 0.2) is 0 Å². The SMILES string of the molecule is CCc1ccc(OC)c2c1CCCN2C(C)=O.CNCc1ccccc1. The molecule has 26 heavy (non-hydrogen) atoms. The third-order valence-electron chi connectivity index (χ3n) is 4.63. The number of fused-ring (bicyclic) bond motifs is 1. The third-order valence-corrected chi connectivity index (χ3v) is 4.63. The average Bonchev–Trinajstić information content (AvgIpc) is 2.68. The van der Waals surface area contributed by atoms with Gasteiger partial charge in [-0.25, -0.2) is 0 Å². The minimum absolute atomic E-state index is 0.0949. The van der Waals surface area contributed by atoms with E-state index in [0.717, 1.165) is 43.8 Å². The summed E-state index contributed by atoms with van der Waals surface area (Å²) in [5.41, 5.74) is 4.94. The lowest BCUT2D eigenvalue weighted by Gasteiger charge is -2.31. The van der Waals surface area contributed by atoms with Crippen LogP contribution in [-0.4, -0.2) is 26.6 Å². The highest BCUT2D eigenvalue weighted by atomic mass is 16.5. The summed E-state index contributed by atoms with van der Waals surface area (Å²) in [7, 11) is 3.61. The lowest BCUT2D eigenvalue weighted by Crippen LogP contribution is -2.34. The topological polar surface area (TPSA) is 41.6 Å². The fourth-order valence-corrected chi connectivity index (χ4v) is 3.37. The zero-order valence-corrected chi connectivity index (χ0v) is 16.3. The second-order valence-electron chi connectivity index (χ2n) is 6.40. The smallest absolute Gasteiger partial charge is 0.223 e. The Kier molecular flexibility index (Phi) is 7.67. The molecular weight excluding hydrogens is 324 g/mol. The summed E-state index contributed by atoms with van der Waals surface area (Å²) in [5, 5.41) is 3.08. The number of amides is 1. The normalized spacial score (nSPS) is 12.7. The van der Waals surface area contributed by atoms with Crippen molar-refractivity contribution >= 4 is 11.6 Å². The van der Waals surface area contributed by atoms with Crippen LogP contribution < -0.4 is 15.0 Å². The maximum absolute atomic E-state index is 11.7. The van der Waals surface area contributed by atoms with Gasteiger partial charge in [0.25, 0.3) is 0 Å². The van der Waals surface area contributed by atoms with Gasteiger partial charge in [0.2, 0.25) is 5.91 Å². The second-order valence-corrected chi connectivity index (χ2v) is 6.40. The van der Waals surface area contributed by atoms with Gasteiger partial charge in [-0.1, -0.05) is 43.3 Å². The molecular formula is C22H30N2O2. The molecule has 140 valence electrons. The molecule has 3 rings (SSSR count). The summed E-state index contributed by atoms with van der Waals surface area (Å²) in [6, 6.07) is 14.4. The van der Waals surface area contributed by atoms with Crippen LogP contribution in [0.2, 0.25) is 0 Å². The van der Waals surface area contributed by atoms with Crippen molar-refractivity contribution in [2.75, 3.05) is 25.6 Å². The molecule has 0 saturated carbocycles. The first-order valence-corrected chi connectivity index (χ1v) is 9.27. The summed E-state index contributed by atoms with van der Waals surface area (Å²) in [5.74, 6) is 0.907. The molecule has 0 saturated heterocycles. The Bertz CT molecular complexity index is 714. The number of carbonyl (C=O) groups is 1. The molecule has 1 heterocycles. The Morgan fingerprint density at radius 3 is 2.50 bits per heavy atom. The minimum atomic E-state index is 0.0949. The molecule has 0 unspecified atom stereocenters. The van der Waals surface area contributed by atoms with E-state index in [2.05, 4.69) is 30.4 Å². The Hall–Kier alpha value is -2.33. The van der Waals surface area contributed by atoms with Gasteiger partial charge in [-0.2, -0.15) is 0 Å². The fraction of sp³-hybridized carbons (Fsp3) is 0.409. The van der Waals surface area contributed by atoms with Crippen LogP contribution in [0.1, 0.15) is 37.0 Å². The molecule has 0 fully saturated rings. The maximum atomic E-state index is 11.7. The molecule has 1 aliphatic rings. The van der Waals surface area contributed by atoms with Crippen molar-refractivity contribution in [1.29, 1.82) is 0 Å². The number of hydrogen-bond donors (Lipinski definition) is 1. The Morgan fingerprint density at radius 2 is 1.92 bits per heavy atom. The van der Waals surface area contributed by atoms with Gasteiger partial charge < -0.3 is 15.0 Å². The summed E-state index contributed by atoms with van der Waals surface area (Å²) in [6.07, 6.45) is 3.07. The maximum Gasteiger partial charge on any atom is 0.223 e. The van der Waals surface area contributed by atoms with Crippen molar-refractivity contribution in [1.82, 2.24) is 5.32 Å². The average molecular weight is 354 g/mol. The summed E-state index contributed by atoms with van der Waals surface area (Å²) in [4.78, 5) is 13.5. The number of carbonyl (C=O) groups excluding carboxylic acids is 1. The first-order chi connectivity index (χ1) is 12.6. The number of anilines is 1. The standard InChI is InChI=1S/C14H19NO2.C8H11N/c1-4-11-7-8-13(17-3)14-12(11)6-5-9-15(14)10(2)16;1-9-7-8-5-3-2-4-6-8/h7-8H,4-6,9H2,1-3H3;2-6,9H,7H2,1H3. The lowest BCUT2D eigenvalue weighted by atomic mass is 9.94. The highest BCUT2D eigenvalue weighted by Gasteiger charge is 2.25. The van der Waals surface area contributed by atoms with Gasteiger partial charge in [-0.3, -0.25) is 4.79 Å². The van der Waals surface area contributed by atoms with Gasteiger partial charge in [-0.15, -0.1) is 0 Å². The molecule has 0 spiro atoms. The molecule has 2 aromatic rings. The van der Waals surface area contributed by atoms with Crippen molar-refractivity contribution in [3.8, 4) is 5.75 Å². The molecule has 1 amide bonds. The largest absolute Gasteiger partial charge is 0.495 e. The molecule has 0 atom stereocenters. The number of methoxy groups -OCH3 is 1. The van der Waals surface area contributed by atoms with Crippen LogP contribution in [0.15, 0.2) is 42.5 Å².